The van der Waals surface area contributed by atoms with Gasteiger partial charge in [-0.2, -0.15) is 8.78 Å². The molecule has 0 rings (SSSR count). The number of carbonyl (C=O) groups excluding carboxylic acids is 2. The number of hydrogen-bond acceptors (Lipinski definition) is 3. The molecule has 0 aromatic carbocycles. The maximum Gasteiger partial charge on any atom is 0.324 e. The number of rotatable bonds is 9. The highest BCUT2D eigenvalue weighted by molar-refractivity contribution is 5.83. The Morgan fingerprint density at radius 1 is 1.24 bits per heavy atom. The molecule has 0 heterocycles. The molecule has 0 saturated carbocycles. The largest absolute Gasteiger partial charge is 0.383 e. The lowest BCUT2D eigenvalue weighted by Gasteiger charge is -2.19. The minimum Gasteiger partial charge on any atom is -0.383 e. The molecule has 2 unspecified atom stereocenters. The van der Waals surface area contributed by atoms with E-state index < -0.39 is 36.2 Å². The Labute approximate surface area is 124 Å². The molecule has 5 nitrogen and oxygen atoms in total. The van der Waals surface area contributed by atoms with E-state index in [9.17, 15) is 23.5 Å². The van der Waals surface area contributed by atoms with Crippen LogP contribution in [-0.4, -0.2) is 42.5 Å². The number of aliphatic hydroxyl groups is 1. The van der Waals surface area contributed by atoms with Gasteiger partial charge >= 0.3 is 5.92 Å². The monoisotopic (exact) mass is 308 g/mol. The molecule has 0 aliphatic rings. The molecule has 0 saturated heterocycles. The van der Waals surface area contributed by atoms with Crippen LogP contribution in [0.25, 0.3) is 0 Å². The second-order valence-corrected chi connectivity index (χ2v) is 5.82. The first-order valence-electron chi connectivity index (χ1n) is 7.16. The average molecular weight is 308 g/mol. The van der Waals surface area contributed by atoms with E-state index in [-0.39, 0.29) is 12.5 Å². The fourth-order valence-corrected chi connectivity index (χ4v) is 1.93. The first kappa shape index (κ1) is 19.8. The maximum absolute atomic E-state index is 13.4. The summed E-state index contributed by atoms with van der Waals surface area (Å²) in [5.41, 5.74) is 0. The number of hydrogen-bond donors (Lipinski definition) is 3. The SMILES string of the molecule is CNC(=O)C(F)(F)CC(C)CCNC(=O)C(O)CC(C)C. The van der Waals surface area contributed by atoms with E-state index in [1.165, 1.54) is 0 Å². The quantitative estimate of drug-likeness (QED) is 0.601. The molecule has 2 atom stereocenters. The molecular formula is C14H26F2N2O3. The second kappa shape index (κ2) is 8.92. The van der Waals surface area contributed by atoms with E-state index in [0.717, 1.165) is 7.05 Å². The highest BCUT2D eigenvalue weighted by Crippen LogP contribution is 2.25. The van der Waals surface area contributed by atoms with Crippen LogP contribution in [-0.2, 0) is 9.59 Å². The minimum absolute atomic E-state index is 0.191. The summed E-state index contributed by atoms with van der Waals surface area (Å²) < 4.78 is 26.8. The van der Waals surface area contributed by atoms with E-state index >= 15 is 0 Å². The lowest BCUT2D eigenvalue weighted by molar-refractivity contribution is -0.147. The van der Waals surface area contributed by atoms with Crippen molar-refractivity contribution in [3.05, 3.63) is 0 Å². The Kier molecular flexibility index (Phi) is 8.39. The highest BCUT2D eigenvalue weighted by atomic mass is 19.3. The van der Waals surface area contributed by atoms with Crippen molar-refractivity contribution < 1.29 is 23.5 Å². The molecule has 124 valence electrons. The molecule has 2 amide bonds. The fourth-order valence-electron chi connectivity index (χ4n) is 1.93. The predicted octanol–water partition coefficient (Wildman–Crippen LogP) is 1.31. The normalized spacial score (nSPS) is 14.7. The van der Waals surface area contributed by atoms with Crippen LogP contribution in [0.1, 0.15) is 40.0 Å². The van der Waals surface area contributed by atoms with E-state index in [0.29, 0.717) is 12.8 Å². The number of halogens is 2. The van der Waals surface area contributed by atoms with Crippen LogP contribution in [0, 0.1) is 11.8 Å². The van der Waals surface area contributed by atoms with Gasteiger partial charge in [0, 0.05) is 20.0 Å². The Balaban J connectivity index is 4.07. The summed E-state index contributed by atoms with van der Waals surface area (Å²) >= 11 is 0. The number of aliphatic hydroxyl groups excluding tert-OH is 1. The number of nitrogens with one attached hydrogen (secondary N) is 2. The van der Waals surface area contributed by atoms with Crippen molar-refractivity contribution in [2.45, 2.75) is 52.1 Å². The summed E-state index contributed by atoms with van der Waals surface area (Å²) in [6, 6.07) is 0. The van der Waals surface area contributed by atoms with Gasteiger partial charge in [-0.1, -0.05) is 20.8 Å². The third-order valence-electron chi connectivity index (χ3n) is 3.10. The molecule has 0 fully saturated rings. The van der Waals surface area contributed by atoms with Crippen molar-refractivity contribution in [2.24, 2.45) is 11.8 Å². The van der Waals surface area contributed by atoms with Gasteiger partial charge < -0.3 is 15.7 Å². The molecule has 0 aliphatic heterocycles. The predicted molar refractivity (Wildman–Crippen MR) is 75.9 cm³/mol. The number of alkyl halides is 2. The van der Waals surface area contributed by atoms with Crippen LogP contribution in [0.15, 0.2) is 0 Å². The molecule has 0 aliphatic carbocycles. The highest BCUT2D eigenvalue weighted by Gasteiger charge is 2.39. The summed E-state index contributed by atoms with van der Waals surface area (Å²) in [6.07, 6.45) is -0.979. The van der Waals surface area contributed by atoms with Crippen molar-refractivity contribution in [3.63, 3.8) is 0 Å². The molecule has 3 N–H and O–H groups in total. The number of carbonyl (C=O) groups is 2. The third-order valence-corrected chi connectivity index (χ3v) is 3.10. The van der Waals surface area contributed by atoms with Crippen LogP contribution in [0.5, 0.6) is 0 Å². The van der Waals surface area contributed by atoms with Crippen LogP contribution < -0.4 is 10.6 Å². The molecular weight excluding hydrogens is 282 g/mol. The standard InChI is InChI=1S/C14H26F2N2O3/c1-9(2)7-11(19)12(20)18-6-5-10(3)8-14(15,16)13(21)17-4/h9-11,19H,5-8H2,1-4H3,(H,17,21)(H,18,20). The average Bonchev–Trinajstić information content (AvgIpc) is 2.35. The Morgan fingerprint density at radius 2 is 1.81 bits per heavy atom. The van der Waals surface area contributed by atoms with Crippen LogP contribution in [0.3, 0.4) is 0 Å². The summed E-state index contributed by atoms with van der Waals surface area (Å²) in [5.74, 6) is -5.44. The van der Waals surface area contributed by atoms with Gasteiger partial charge in [-0.15, -0.1) is 0 Å². The molecule has 7 heteroatoms. The van der Waals surface area contributed by atoms with Gasteiger partial charge in [-0.25, -0.2) is 0 Å². The maximum atomic E-state index is 13.4. The van der Waals surface area contributed by atoms with Gasteiger partial charge in [0.25, 0.3) is 5.91 Å². The summed E-state index contributed by atoms with van der Waals surface area (Å²) in [7, 11) is 1.16. The minimum atomic E-state index is -3.41. The molecule has 0 bridgehead atoms. The molecule has 21 heavy (non-hydrogen) atoms. The van der Waals surface area contributed by atoms with Gasteiger partial charge in [0.2, 0.25) is 5.91 Å². The lowest BCUT2D eigenvalue weighted by atomic mass is 9.98. The lowest BCUT2D eigenvalue weighted by Crippen LogP contribution is -2.40. The first-order valence-corrected chi connectivity index (χ1v) is 7.16. The van der Waals surface area contributed by atoms with Gasteiger partial charge in [-0.3, -0.25) is 9.59 Å². The zero-order valence-corrected chi connectivity index (χ0v) is 13.1. The summed E-state index contributed by atoms with van der Waals surface area (Å²) in [6.45, 7) is 5.56. The number of amides is 2. The van der Waals surface area contributed by atoms with E-state index in [1.54, 1.807) is 6.92 Å². The van der Waals surface area contributed by atoms with Crippen molar-refractivity contribution in [1.82, 2.24) is 10.6 Å². The molecule has 0 aromatic heterocycles. The molecule has 0 radical (unpaired) electrons. The van der Waals surface area contributed by atoms with Crippen molar-refractivity contribution in [1.29, 1.82) is 0 Å². The molecule has 0 aromatic rings. The van der Waals surface area contributed by atoms with E-state index in [2.05, 4.69) is 5.32 Å². The van der Waals surface area contributed by atoms with Crippen molar-refractivity contribution in [2.75, 3.05) is 13.6 Å². The Morgan fingerprint density at radius 3 is 2.29 bits per heavy atom. The zero-order chi connectivity index (χ0) is 16.6. The van der Waals surface area contributed by atoms with Gasteiger partial charge in [0.05, 0.1) is 0 Å². The third kappa shape index (κ3) is 7.94. The van der Waals surface area contributed by atoms with Gasteiger partial charge in [-0.05, 0) is 24.7 Å². The molecule has 0 spiro atoms. The fraction of sp³-hybridized carbons (Fsp3) is 0.857. The summed E-state index contributed by atoms with van der Waals surface area (Å²) in [4.78, 5) is 22.5. The van der Waals surface area contributed by atoms with E-state index in [1.807, 2.05) is 19.2 Å². The smallest absolute Gasteiger partial charge is 0.324 e. The van der Waals surface area contributed by atoms with Crippen LogP contribution >= 0.6 is 0 Å². The Hall–Kier alpha value is -1.24. The van der Waals surface area contributed by atoms with Gasteiger partial charge in [0.15, 0.2) is 0 Å². The van der Waals surface area contributed by atoms with Crippen LogP contribution in [0.2, 0.25) is 0 Å². The second-order valence-electron chi connectivity index (χ2n) is 5.82. The van der Waals surface area contributed by atoms with Crippen LogP contribution in [0.4, 0.5) is 8.78 Å². The van der Waals surface area contributed by atoms with Crippen molar-refractivity contribution >= 4 is 11.8 Å². The van der Waals surface area contributed by atoms with Crippen molar-refractivity contribution in [3.8, 4) is 0 Å². The summed E-state index contributed by atoms with van der Waals surface area (Å²) in [5, 5.41) is 14.0. The van der Waals surface area contributed by atoms with E-state index in [4.69, 9.17) is 0 Å². The first-order chi connectivity index (χ1) is 9.60. The zero-order valence-electron chi connectivity index (χ0n) is 13.1. The topological polar surface area (TPSA) is 78.4 Å². The van der Waals surface area contributed by atoms with Gasteiger partial charge in [0.1, 0.15) is 6.10 Å². The Bertz CT molecular complexity index is 349.